The molecule has 3 nitrogen and oxygen atoms in total. The number of hydrogen-bond donors (Lipinski definition) is 1. The molecule has 1 N–H and O–H groups in total. The smallest absolute Gasteiger partial charge is 0.138 e. The Balaban J connectivity index is 1.94. The normalized spacial score (nSPS) is 18.7. The minimum atomic E-state index is 0.503. The summed E-state index contributed by atoms with van der Waals surface area (Å²) in [5.41, 5.74) is 3.51. The van der Waals surface area contributed by atoms with Crippen LogP contribution in [0.1, 0.15) is 30.7 Å². The molecule has 4 heteroatoms. The third-order valence-corrected chi connectivity index (χ3v) is 4.73. The summed E-state index contributed by atoms with van der Waals surface area (Å²) in [6.07, 6.45) is 14.1. The third kappa shape index (κ3) is 1.88. The maximum absolute atomic E-state index is 4.46. The Morgan fingerprint density at radius 2 is 2.25 bits per heavy atom. The molecule has 0 fully saturated rings. The fourth-order valence-electron chi connectivity index (χ4n) is 2.99. The van der Waals surface area contributed by atoms with Crippen LogP contribution in [0, 0.1) is 0 Å². The summed E-state index contributed by atoms with van der Waals surface area (Å²) in [6, 6.07) is 2.16. The van der Waals surface area contributed by atoms with Crippen LogP contribution in [0.3, 0.4) is 0 Å². The minimum Gasteiger partial charge on any atom is -0.345 e. The first kappa shape index (κ1) is 11.9. The van der Waals surface area contributed by atoms with Gasteiger partial charge >= 0.3 is 0 Å². The molecule has 0 radical (unpaired) electrons. The van der Waals surface area contributed by atoms with Crippen molar-refractivity contribution < 1.29 is 0 Å². The molecule has 1 atom stereocenters. The number of fused-ring (bicyclic) bond motifs is 1. The second kappa shape index (κ2) is 4.87. The van der Waals surface area contributed by atoms with Crippen molar-refractivity contribution in [1.29, 1.82) is 0 Å². The second-order valence-corrected chi connectivity index (χ2v) is 6.02. The van der Waals surface area contributed by atoms with Gasteiger partial charge in [0.1, 0.15) is 10.7 Å². The van der Waals surface area contributed by atoms with E-state index in [-0.39, 0.29) is 0 Å². The molecule has 4 rings (SSSR count). The number of allylic oxidation sites excluding steroid dienone is 2. The monoisotopic (exact) mass is 281 g/mol. The number of rotatable bonds is 2. The lowest BCUT2D eigenvalue weighted by Gasteiger charge is -2.17. The molecule has 3 heterocycles. The van der Waals surface area contributed by atoms with Gasteiger partial charge in [0.2, 0.25) is 0 Å². The molecular formula is C16H15N3S. The molecule has 0 saturated heterocycles. The van der Waals surface area contributed by atoms with Crippen molar-refractivity contribution in [2.45, 2.75) is 25.2 Å². The van der Waals surface area contributed by atoms with Gasteiger partial charge in [-0.2, -0.15) is 0 Å². The number of aromatic nitrogens is 3. The van der Waals surface area contributed by atoms with E-state index in [0.717, 1.165) is 10.7 Å². The van der Waals surface area contributed by atoms with Crippen molar-refractivity contribution in [2.24, 2.45) is 0 Å². The maximum Gasteiger partial charge on any atom is 0.138 e. The zero-order chi connectivity index (χ0) is 13.4. The van der Waals surface area contributed by atoms with Crippen LogP contribution in [-0.4, -0.2) is 15.0 Å². The van der Waals surface area contributed by atoms with Crippen molar-refractivity contribution in [3.63, 3.8) is 0 Å². The summed E-state index contributed by atoms with van der Waals surface area (Å²) in [6.45, 7) is 0. The number of hydrogen-bond acceptors (Lipinski definition) is 3. The lowest BCUT2D eigenvalue weighted by atomic mass is 9.87. The molecule has 3 aromatic heterocycles. The number of nitrogens with zero attached hydrogens (tertiary/aromatic N) is 2. The zero-order valence-corrected chi connectivity index (χ0v) is 11.9. The van der Waals surface area contributed by atoms with Gasteiger partial charge in [-0.1, -0.05) is 12.2 Å². The van der Waals surface area contributed by atoms with Gasteiger partial charge in [0.25, 0.3) is 0 Å². The summed E-state index contributed by atoms with van der Waals surface area (Å²) >= 11 is 1.67. The Kier molecular flexibility index (Phi) is 2.89. The molecule has 0 aliphatic heterocycles. The van der Waals surface area contributed by atoms with Crippen LogP contribution in [-0.2, 0) is 0 Å². The van der Waals surface area contributed by atoms with Gasteiger partial charge in [0, 0.05) is 40.8 Å². The van der Waals surface area contributed by atoms with Gasteiger partial charge in [-0.25, -0.2) is 9.97 Å². The van der Waals surface area contributed by atoms with Crippen LogP contribution in [0.15, 0.2) is 42.2 Å². The molecule has 0 spiro atoms. The molecule has 1 aliphatic carbocycles. The second-order valence-electron chi connectivity index (χ2n) is 5.13. The van der Waals surface area contributed by atoms with Crippen molar-refractivity contribution >= 4 is 22.4 Å². The van der Waals surface area contributed by atoms with Crippen LogP contribution in [0.4, 0.5) is 0 Å². The lowest BCUT2D eigenvalue weighted by Crippen LogP contribution is -2.00. The largest absolute Gasteiger partial charge is 0.345 e. The highest BCUT2D eigenvalue weighted by Gasteiger charge is 2.18. The van der Waals surface area contributed by atoms with Gasteiger partial charge in [-0.15, -0.1) is 11.3 Å². The molecule has 1 aliphatic rings. The molecule has 0 saturated carbocycles. The van der Waals surface area contributed by atoms with E-state index in [9.17, 15) is 0 Å². The summed E-state index contributed by atoms with van der Waals surface area (Å²) in [5, 5.41) is 4.31. The average Bonchev–Trinajstić information content (AvgIpc) is 3.16. The van der Waals surface area contributed by atoms with E-state index in [1.807, 2.05) is 24.0 Å². The number of pyridine rings is 1. The predicted molar refractivity (Wildman–Crippen MR) is 82.9 cm³/mol. The Bertz CT molecular complexity index is 755. The predicted octanol–water partition coefficient (Wildman–Crippen LogP) is 4.51. The van der Waals surface area contributed by atoms with Crippen molar-refractivity contribution in [1.82, 2.24) is 15.0 Å². The average molecular weight is 281 g/mol. The van der Waals surface area contributed by atoms with Crippen LogP contribution in [0.2, 0.25) is 0 Å². The maximum atomic E-state index is 4.46. The summed E-state index contributed by atoms with van der Waals surface area (Å²) < 4.78 is 0. The van der Waals surface area contributed by atoms with Gasteiger partial charge in [-0.05, 0) is 30.9 Å². The lowest BCUT2D eigenvalue weighted by molar-refractivity contribution is 0.657. The van der Waals surface area contributed by atoms with Gasteiger partial charge < -0.3 is 4.98 Å². The van der Waals surface area contributed by atoms with E-state index < -0.39 is 0 Å². The first-order valence-electron chi connectivity index (χ1n) is 6.96. The van der Waals surface area contributed by atoms with Crippen LogP contribution in [0.5, 0.6) is 0 Å². The van der Waals surface area contributed by atoms with E-state index >= 15 is 0 Å². The Morgan fingerprint density at radius 1 is 1.25 bits per heavy atom. The number of aromatic amines is 1. The van der Waals surface area contributed by atoms with Gasteiger partial charge in [0.05, 0.1) is 0 Å². The first-order chi connectivity index (χ1) is 9.93. The minimum absolute atomic E-state index is 0.503. The molecular weight excluding hydrogens is 266 g/mol. The third-order valence-electron chi connectivity index (χ3n) is 3.92. The molecule has 20 heavy (non-hydrogen) atoms. The van der Waals surface area contributed by atoms with E-state index in [4.69, 9.17) is 0 Å². The fourth-order valence-corrected chi connectivity index (χ4v) is 3.65. The van der Waals surface area contributed by atoms with E-state index in [2.05, 4.69) is 33.2 Å². The standard InChI is InChI=1S/C16H15N3S/c1-2-4-11(5-3-1)12-6-7-17-15-14(12)13(10-19-15)16-18-8-9-20-16/h2,4,6-11H,1,3,5H2,(H,17,19). The molecule has 0 bridgehead atoms. The summed E-state index contributed by atoms with van der Waals surface area (Å²) in [4.78, 5) is 12.2. The van der Waals surface area contributed by atoms with Gasteiger partial charge in [0.15, 0.2) is 0 Å². The summed E-state index contributed by atoms with van der Waals surface area (Å²) in [5.74, 6) is 0.503. The van der Waals surface area contributed by atoms with Crippen LogP contribution < -0.4 is 0 Å². The SMILES string of the molecule is C1=CC(c2ccnc3[nH]cc(-c4nccs4)c23)CCC1. The van der Waals surface area contributed by atoms with Crippen LogP contribution >= 0.6 is 11.3 Å². The first-order valence-corrected chi connectivity index (χ1v) is 7.84. The molecule has 1 unspecified atom stereocenters. The fraction of sp³-hybridized carbons (Fsp3) is 0.250. The Hall–Kier alpha value is -1.94. The number of thiazole rings is 1. The topological polar surface area (TPSA) is 41.6 Å². The highest BCUT2D eigenvalue weighted by Crippen LogP contribution is 2.37. The molecule has 3 aromatic rings. The van der Waals surface area contributed by atoms with Crippen molar-refractivity contribution in [3.8, 4) is 10.6 Å². The number of H-pyrrole nitrogens is 1. The van der Waals surface area contributed by atoms with Crippen molar-refractivity contribution in [2.75, 3.05) is 0 Å². The Labute approximate surface area is 121 Å². The quantitative estimate of drug-likeness (QED) is 0.702. The molecule has 0 aromatic carbocycles. The van der Waals surface area contributed by atoms with Crippen molar-refractivity contribution in [3.05, 3.63) is 47.8 Å². The van der Waals surface area contributed by atoms with E-state index in [1.54, 1.807) is 11.3 Å². The number of nitrogens with one attached hydrogen (secondary N) is 1. The van der Waals surface area contributed by atoms with Crippen LogP contribution in [0.25, 0.3) is 21.6 Å². The van der Waals surface area contributed by atoms with Gasteiger partial charge in [-0.3, -0.25) is 0 Å². The highest BCUT2D eigenvalue weighted by atomic mass is 32.1. The molecule has 100 valence electrons. The zero-order valence-electron chi connectivity index (χ0n) is 11.0. The van der Waals surface area contributed by atoms with E-state index in [0.29, 0.717) is 5.92 Å². The summed E-state index contributed by atoms with van der Waals surface area (Å²) in [7, 11) is 0. The van der Waals surface area contributed by atoms with E-state index in [1.165, 1.54) is 35.8 Å². The highest BCUT2D eigenvalue weighted by molar-refractivity contribution is 7.13. The molecule has 0 amide bonds. The Morgan fingerprint density at radius 3 is 3.05 bits per heavy atom.